The molecule has 0 bridgehead atoms. The van der Waals surface area contributed by atoms with Crippen LogP contribution >= 0.6 is 0 Å². The molecule has 1 aromatic rings. The lowest BCUT2D eigenvalue weighted by molar-refractivity contribution is 0.340. The van der Waals surface area contributed by atoms with E-state index in [1.54, 1.807) is 0 Å². The van der Waals surface area contributed by atoms with Crippen LogP contribution in [0.2, 0.25) is 0 Å². The molecule has 0 aliphatic heterocycles. The maximum atomic E-state index is 3.66. The zero-order valence-electron chi connectivity index (χ0n) is 11.4. The fourth-order valence-electron chi connectivity index (χ4n) is 1.99. The van der Waals surface area contributed by atoms with Gasteiger partial charge in [-0.3, -0.25) is 0 Å². The minimum absolute atomic E-state index is 0.447. The van der Waals surface area contributed by atoms with Gasteiger partial charge in [0.1, 0.15) is 0 Å². The summed E-state index contributed by atoms with van der Waals surface area (Å²) in [5.41, 5.74) is 1.39. The van der Waals surface area contributed by atoms with Crippen LogP contribution in [0.3, 0.4) is 0 Å². The molecule has 17 heavy (non-hydrogen) atoms. The Balaban J connectivity index is 2.49. The number of nitrogens with one attached hydrogen (secondary N) is 1. The first-order chi connectivity index (χ1) is 8.24. The third-order valence-electron chi connectivity index (χ3n) is 2.92. The van der Waals surface area contributed by atoms with Crippen LogP contribution in [-0.4, -0.2) is 32.1 Å². The summed E-state index contributed by atoms with van der Waals surface area (Å²) in [6, 6.07) is 11.2. The molecule has 0 saturated carbocycles. The zero-order chi connectivity index (χ0) is 12.5. The molecule has 0 amide bonds. The van der Waals surface area contributed by atoms with Gasteiger partial charge in [0, 0.05) is 12.6 Å². The second-order valence-electron chi connectivity index (χ2n) is 4.89. The molecule has 0 aliphatic carbocycles. The van der Waals surface area contributed by atoms with Crippen molar-refractivity contribution in [3.05, 3.63) is 35.9 Å². The summed E-state index contributed by atoms with van der Waals surface area (Å²) in [6.45, 7) is 4.41. The Labute approximate surface area is 106 Å². The van der Waals surface area contributed by atoms with Gasteiger partial charge in [-0.1, -0.05) is 50.1 Å². The van der Waals surface area contributed by atoms with Gasteiger partial charge >= 0.3 is 0 Å². The van der Waals surface area contributed by atoms with Crippen LogP contribution < -0.4 is 5.32 Å². The van der Waals surface area contributed by atoms with Crippen LogP contribution in [0, 0.1) is 0 Å². The molecule has 1 aromatic carbocycles. The van der Waals surface area contributed by atoms with E-state index in [1.165, 1.54) is 24.8 Å². The Morgan fingerprint density at radius 3 is 2.41 bits per heavy atom. The van der Waals surface area contributed by atoms with E-state index in [0.29, 0.717) is 6.04 Å². The van der Waals surface area contributed by atoms with Crippen LogP contribution in [0.4, 0.5) is 0 Å². The quantitative estimate of drug-likeness (QED) is 0.695. The number of hydrogen-bond acceptors (Lipinski definition) is 2. The largest absolute Gasteiger partial charge is 0.309 e. The molecule has 0 heterocycles. The van der Waals surface area contributed by atoms with E-state index in [1.807, 2.05) is 0 Å². The summed E-state index contributed by atoms with van der Waals surface area (Å²) in [5.74, 6) is 0. The van der Waals surface area contributed by atoms with E-state index in [0.717, 1.165) is 13.1 Å². The monoisotopic (exact) mass is 234 g/mol. The molecule has 0 saturated heterocycles. The Kier molecular flexibility index (Phi) is 6.90. The number of hydrogen-bond donors (Lipinski definition) is 1. The van der Waals surface area contributed by atoms with Gasteiger partial charge in [-0.2, -0.15) is 0 Å². The Morgan fingerprint density at radius 2 is 1.82 bits per heavy atom. The van der Waals surface area contributed by atoms with Crippen LogP contribution in [0.25, 0.3) is 0 Å². The number of likely N-dealkylation sites (N-methyl/N-ethyl adjacent to an activating group) is 1. The first-order valence-corrected chi connectivity index (χ1v) is 6.67. The number of nitrogens with zero attached hydrogens (tertiary/aromatic N) is 1. The van der Waals surface area contributed by atoms with Crippen molar-refractivity contribution in [3.63, 3.8) is 0 Å². The van der Waals surface area contributed by atoms with Crippen molar-refractivity contribution in [2.24, 2.45) is 0 Å². The Morgan fingerprint density at radius 1 is 1.12 bits per heavy atom. The smallest absolute Gasteiger partial charge is 0.0449 e. The highest BCUT2D eigenvalue weighted by Crippen LogP contribution is 2.13. The van der Waals surface area contributed by atoms with E-state index in [2.05, 4.69) is 61.6 Å². The van der Waals surface area contributed by atoms with E-state index in [4.69, 9.17) is 0 Å². The molecule has 0 aliphatic rings. The average molecular weight is 234 g/mol. The van der Waals surface area contributed by atoms with E-state index >= 15 is 0 Å². The molecule has 1 rings (SSSR count). The molecular weight excluding hydrogens is 208 g/mol. The molecule has 0 spiro atoms. The van der Waals surface area contributed by atoms with Gasteiger partial charge < -0.3 is 10.2 Å². The van der Waals surface area contributed by atoms with Gasteiger partial charge in [0.15, 0.2) is 0 Å². The summed E-state index contributed by atoms with van der Waals surface area (Å²) < 4.78 is 0. The van der Waals surface area contributed by atoms with E-state index < -0.39 is 0 Å². The van der Waals surface area contributed by atoms with Crippen molar-refractivity contribution in [1.29, 1.82) is 0 Å². The Bertz CT molecular complexity index is 282. The average Bonchev–Trinajstić information content (AvgIpc) is 2.34. The third kappa shape index (κ3) is 5.85. The zero-order valence-corrected chi connectivity index (χ0v) is 11.4. The van der Waals surface area contributed by atoms with Gasteiger partial charge in [0.25, 0.3) is 0 Å². The number of unbranched alkanes of at least 4 members (excludes halogenated alkanes) is 2. The van der Waals surface area contributed by atoms with Gasteiger partial charge in [-0.25, -0.2) is 0 Å². The first-order valence-electron chi connectivity index (χ1n) is 6.67. The predicted octanol–water partition coefficient (Wildman–Crippen LogP) is 3.07. The highest BCUT2D eigenvalue weighted by Gasteiger charge is 2.10. The van der Waals surface area contributed by atoms with Crippen molar-refractivity contribution in [3.8, 4) is 0 Å². The summed E-state index contributed by atoms with van der Waals surface area (Å²) in [6.07, 6.45) is 3.87. The normalized spacial score (nSPS) is 12.9. The van der Waals surface area contributed by atoms with Gasteiger partial charge in [-0.15, -0.1) is 0 Å². The van der Waals surface area contributed by atoms with Gasteiger partial charge in [-0.05, 0) is 32.6 Å². The van der Waals surface area contributed by atoms with Crippen molar-refractivity contribution in [2.45, 2.75) is 32.2 Å². The molecule has 1 N–H and O–H groups in total. The Hall–Kier alpha value is -0.860. The second kappa shape index (κ2) is 8.26. The highest BCUT2D eigenvalue weighted by molar-refractivity contribution is 5.19. The first kappa shape index (κ1) is 14.2. The molecule has 96 valence electrons. The fourth-order valence-corrected chi connectivity index (χ4v) is 1.99. The summed E-state index contributed by atoms with van der Waals surface area (Å²) in [7, 11) is 4.26. The molecular formula is C15H26N2. The second-order valence-corrected chi connectivity index (χ2v) is 4.89. The van der Waals surface area contributed by atoms with Gasteiger partial charge in [0.2, 0.25) is 0 Å². The summed E-state index contributed by atoms with van der Waals surface area (Å²) in [5, 5.41) is 3.66. The summed E-state index contributed by atoms with van der Waals surface area (Å²) >= 11 is 0. The molecule has 0 fully saturated rings. The molecule has 0 aromatic heterocycles. The lowest BCUT2D eigenvalue weighted by atomic mass is 10.1. The fraction of sp³-hybridized carbons (Fsp3) is 0.600. The van der Waals surface area contributed by atoms with Crippen molar-refractivity contribution in [1.82, 2.24) is 10.2 Å². The molecule has 0 radical (unpaired) electrons. The van der Waals surface area contributed by atoms with E-state index in [-0.39, 0.29) is 0 Å². The van der Waals surface area contributed by atoms with Crippen LogP contribution in [0.5, 0.6) is 0 Å². The minimum atomic E-state index is 0.447. The van der Waals surface area contributed by atoms with Gasteiger partial charge in [0.05, 0.1) is 0 Å². The lowest BCUT2D eigenvalue weighted by Gasteiger charge is -2.23. The number of rotatable bonds is 8. The topological polar surface area (TPSA) is 15.3 Å². The standard InChI is InChI=1S/C15H26N2/c1-4-5-9-12-16-15(13-17(2)3)14-10-7-6-8-11-14/h6-8,10-11,15-16H,4-5,9,12-13H2,1-3H3. The van der Waals surface area contributed by atoms with Crippen LogP contribution in [0.1, 0.15) is 37.8 Å². The molecule has 2 heteroatoms. The predicted molar refractivity (Wildman–Crippen MR) is 75.3 cm³/mol. The molecule has 1 unspecified atom stereocenters. The molecule has 1 atom stereocenters. The lowest BCUT2D eigenvalue weighted by Crippen LogP contribution is -2.31. The van der Waals surface area contributed by atoms with Crippen LogP contribution in [-0.2, 0) is 0 Å². The molecule has 2 nitrogen and oxygen atoms in total. The number of benzene rings is 1. The third-order valence-corrected chi connectivity index (χ3v) is 2.92. The van der Waals surface area contributed by atoms with Crippen molar-refractivity contribution >= 4 is 0 Å². The van der Waals surface area contributed by atoms with Crippen molar-refractivity contribution < 1.29 is 0 Å². The van der Waals surface area contributed by atoms with Crippen molar-refractivity contribution in [2.75, 3.05) is 27.2 Å². The maximum absolute atomic E-state index is 3.66. The minimum Gasteiger partial charge on any atom is -0.309 e. The maximum Gasteiger partial charge on any atom is 0.0449 e. The van der Waals surface area contributed by atoms with E-state index in [9.17, 15) is 0 Å². The summed E-state index contributed by atoms with van der Waals surface area (Å²) in [4.78, 5) is 2.24. The van der Waals surface area contributed by atoms with Crippen LogP contribution in [0.15, 0.2) is 30.3 Å². The highest BCUT2D eigenvalue weighted by atomic mass is 15.1. The SMILES string of the molecule is CCCCCNC(CN(C)C)c1ccccc1.